The summed E-state index contributed by atoms with van der Waals surface area (Å²) in [6.07, 6.45) is 2.32. The Morgan fingerprint density at radius 1 is 1.33 bits per heavy atom. The Bertz CT molecular complexity index is 165. The molecule has 1 aliphatic heterocycles. The fraction of sp³-hybridized carbons (Fsp3) is 1.00. The van der Waals surface area contributed by atoms with Crippen molar-refractivity contribution in [2.75, 3.05) is 40.0 Å². The van der Waals surface area contributed by atoms with Gasteiger partial charge in [0, 0.05) is 31.8 Å². The van der Waals surface area contributed by atoms with Gasteiger partial charge in [-0.3, -0.25) is 0 Å². The van der Waals surface area contributed by atoms with Crippen LogP contribution in [0.4, 0.5) is 0 Å². The summed E-state index contributed by atoms with van der Waals surface area (Å²) in [5, 5.41) is 3.20. The second-order valence-corrected chi connectivity index (χ2v) is 5.27. The van der Waals surface area contributed by atoms with E-state index in [1.165, 1.54) is 0 Å². The van der Waals surface area contributed by atoms with Crippen LogP contribution in [0.2, 0.25) is 0 Å². The first-order valence-corrected chi connectivity index (χ1v) is 5.94. The molecule has 0 spiro atoms. The summed E-state index contributed by atoms with van der Waals surface area (Å²) in [6, 6.07) is 0. The molecule has 0 aromatic heterocycles. The highest BCUT2D eigenvalue weighted by Crippen LogP contribution is 2.18. The minimum absolute atomic E-state index is 0.236. The minimum Gasteiger partial charge on any atom is -0.381 e. The first-order valence-electron chi connectivity index (χ1n) is 5.94. The molecule has 0 bridgehead atoms. The molecule has 1 aliphatic rings. The van der Waals surface area contributed by atoms with E-state index < -0.39 is 0 Å². The van der Waals surface area contributed by atoms with Crippen molar-refractivity contribution >= 4 is 0 Å². The smallest absolute Gasteiger partial charge is 0.0529 e. The number of nitrogens with one attached hydrogen (secondary N) is 1. The number of hydrogen-bond donors (Lipinski definition) is 1. The lowest BCUT2D eigenvalue weighted by molar-refractivity contribution is -0.00123. The SMILES string of the molecule is CNCC(C)(C)COCC1CCOCC1. The van der Waals surface area contributed by atoms with Crippen molar-refractivity contribution in [3.8, 4) is 0 Å². The van der Waals surface area contributed by atoms with Crippen LogP contribution in [-0.2, 0) is 9.47 Å². The average Bonchev–Trinajstić information content (AvgIpc) is 2.19. The molecular formula is C12H25NO2. The van der Waals surface area contributed by atoms with Crippen LogP contribution < -0.4 is 5.32 Å². The zero-order chi connectivity index (χ0) is 11.1. The Hall–Kier alpha value is -0.120. The third-order valence-electron chi connectivity index (χ3n) is 2.84. The van der Waals surface area contributed by atoms with Gasteiger partial charge in [0.05, 0.1) is 6.61 Å². The molecule has 0 aliphatic carbocycles. The van der Waals surface area contributed by atoms with Crippen molar-refractivity contribution in [3.63, 3.8) is 0 Å². The van der Waals surface area contributed by atoms with E-state index in [0.29, 0.717) is 5.92 Å². The van der Waals surface area contributed by atoms with Crippen molar-refractivity contribution in [1.82, 2.24) is 5.32 Å². The molecule has 0 amide bonds. The van der Waals surface area contributed by atoms with E-state index in [1.807, 2.05) is 7.05 Å². The van der Waals surface area contributed by atoms with Gasteiger partial charge in [0.15, 0.2) is 0 Å². The predicted octanol–water partition coefficient (Wildman–Crippen LogP) is 1.68. The normalized spacial score (nSPS) is 19.4. The first-order chi connectivity index (χ1) is 7.14. The van der Waals surface area contributed by atoms with Gasteiger partial charge in [-0.25, -0.2) is 0 Å². The Balaban J connectivity index is 2.09. The molecule has 1 rings (SSSR count). The third kappa shape index (κ3) is 5.50. The monoisotopic (exact) mass is 215 g/mol. The summed E-state index contributed by atoms with van der Waals surface area (Å²) in [5.74, 6) is 0.712. The molecule has 0 unspecified atom stereocenters. The molecule has 0 atom stereocenters. The van der Waals surface area contributed by atoms with E-state index in [1.54, 1.807) is 0 Å². The number of hydrogen-bond acceptors (Lipinski definition) is 3. The van der Waals surface area contributed by atoms with Crippen LogP contribution in [0, 0.1) is 11.3 Å². The summed E-state index contributed by atoms with van der Waals surface area (Å²) < 4.78 is 11.1. The summed E-state index contributed by atoms with van der Waals surface area (Å²) in [7, 11) is 1.99. The quantitative estimate of drug-likeness (QED) is 0.731. The van der Waals surface area contributed by atoms with E-state index in [-0.39, 0.29) is 5.41 Å². The van der Waals surface area contributed by atoms with Gasteiger partial charge in [-0.05, 0) is 25.8 Å². The highest BCUT2D eigenvalue weighted by Gasteiger charge is 2.19. The van der Waals surface area contributed by atoms with Crippen LogP contribution in [0.3, 0.4) is 0 Å². The maximum Gasteiger partial charge on any atom is 0.0529 e. The highest BCUT2D eigenvalue weighted by molar-refractivity contribution is 4.70. The zero-order valence-corrected chi connectivity index (χ0v) is 10.3. The molecule has 0 saturated carbocycles. The summed E-state index contributed by atoms with van der Waals surface area (Å²) >= 11 is 0. The Kier molecular flexibility index (Phi) is 5.58. The van der Waals surface area contributed by atoms with Gasteiger partial charge in [0.25, 0.3) is 0 Å². The number of ether oxygens (including phenoxy) is 2. The van der Waals surface area contributed by atoms with Gasteiger partial charge in [0.2, 0.25) is 0 Å². The lowest BCUT2D eigenvalue weighted by Crippen LogP contribution is -2.32. The van der Waals surface area contributed by atoms with Crippen molar-refractivity contribution in [2.24, 2.45) is 11.3 Å². The van der Waals surface area contributed by atoms with Crippen LogP contribution in [0.25, 0.3) is 0 Å². The summed E-state index contributed by atoms with van der Waals surface area (Å²) in [5.41, 5.74) is 0.236. The molecule has 90 valence electrons. The molecule has 0 aromatic rings. The second kappa shape index (κ2) is 6.46. The van der Waals surface area contributed by atoms with E-state index in [2.05, 4.69) is 19.2 Å². The van der Waals surface area contributed by atoms with E-state index in [4.69, 9.17) is 9.47 Å². The average molecular weight is 215 g/mol. The molecule has 0 aromatic carbocycles. The topological polar surface area (TPSA) is 30.5 Å². The zero-order valence-electron chi connectivity index (χ0n) is 10.3. The van der Waals surface area contributed by atoms with E-state index >= 15 is 0 Å². The highest BCUT2D eigenvalue weighted by atomic mass is 16.5. The molecule has 0 radical (unpaired) electrons. The maximum absolute atomic E-state index is 5.79. The molecule has 1 saturated heterocycles. The minimum atomic E-state index is 0.236. The lowest BCUT2D eigenvalue weighted by Gasteiger charge is -2.27. The lowest BCUT2D eigenvalue weighted by atomic mass is 9.95. The molecule has 1 N–H and O–H groups in total. The molecular weight excluding hydrogens is 190 g/mol. The van der Waals surface area contributed by atoms with Crippen molar-refractivity contribution in [2.45, 2.75) is 26.7 Å². The van der Waals surface area contributed by atoms with Gasteiger partial charge in [-0.15, -0.1) is 0 Å². The second-order valence-electron chi connectivity index (χ2n) is 5.27. The fourth-order valence-electron chi connectivity index (χ4n) is 1.94. The summed E-state index contributed by atoms with van der Waals surface area (Å²) in [4.78, 5) is 0. The van der Waals surface area contributed by atoms with Crippen LogP contribution >= 0.6 is 0 Å². The van der Waals surface area contributed by atoms with Crippen molar-refractivity contribution in [1.29, 1.82) is 0 Å². The first kappa shape index (κ1) is 12.9. The Morgan fingerprint density at radius 3 is 2.60 bits per heavy atom. The van der Waals surface area contributed by atoms with Crippen LogP contribution in [0.5, 0.6) is 0 Å². The van der Waals surface area contributed by atoms with Gasteiger partial charge in [-0.1, -0.05) is 13.8 Å². The third-order valence-corrected chi connectivity index (χ3v) is 2.84. The molecule has 15 heavy (non-hydrogen) atoms. The van der Waals surface area contributed by atoms with Crippen molar-refractivity contribution < 1.29 is 9.47 Å². The summed E-state index contributed by atoms with van der Waals surface area (Å²) in [6.45, 7) is 9.02. The van der Waals surface area contributed by atoms with E-state index in [0.717, 1.165) is 45.8 Å². The van der Waals surface area contributed by atoms with Gasteiger partial charge < -0.3 is 14.8 Å². The predicted molar refractivity (Wildman–Crippen MR) is 62.1 cm³/mol. The molecule has 3 nitrogen and oxygen atoms in total. The largest absolute Gasteiger partial charge is 0.381 e. The molecule has 1 heterocycles. The van der Waals surface area contributed by atoms with Crippen molar-refractivity contribution in [3.05, 3.63) is 0 Å². The molecule has 3 heteroatoms. The van der Waals surface area contributed by atoms with Gasteiger partial charge in [0.1, 0.15) is 0 Å². The van der Waals surface area contributed by atoms with Crippen LogP contribution in [0.15, 0.2) is 0 Å². The van der Waals surface area contributed by atoms with Crippen LogP contribution in [-0.4, -0.2) is 40.0 Å². The Labute approximate surface area is 93.5 Å². The molecule has 1 fully saturated rings. The standard InChI is InChI=1S/C12H25NO2/c1-12(2,9-13-3)10-15-8-11-4-6-14-7-5-11/h11,13H,4-10H2,1-3H3. The van der Waals surface area contributed by atoms with Gasteiger partial charge in [-0.2, -0.15) is 0 Å². The number of rotatable bonds is 6. The maximum atomic E-state index is 5.79. The fourth-order valence-corrected chi connectivity index (χ4v) is 1.94. The Morgan fingerprint density at radius 2 is 2.00 bits per heavy atom. The van der Waals surface area contributed by atoms with Crippen LogP contribution in [0.1, 0.15) is 26.7 Å². The van der Waals surface area contributed by atoms with E-state index in [9.17, 15) is 0 Å². The van der Waals surface area contributed by atoms with Gasteiger partial charge >= 0.3 is 0 Å².